The number of carbonyl (C=O) groups excluding carboxylic acids is 2. The molecule has 0 spiro atoms. The molecule has 3 atom stereocenters. The summed E-state index contributed by atoms with van der Waals surface area (Å²) in [5.41, 5.74) is 0.517. The third kappa shape index (κ3) is 6.23. The topological polar surface area (TPSA) is 178 Å². The highest BCUT2D eigenvalue weighted by molar-refractivity contribution is 7.89. The smallest absolute Gasteiger partial charge is 0.261 e. The second kappa shape index (κ2) is 11.5. The molecule has 0 saturated heterocycles. The number of hydrogen-bond donors (Lipinski definition) is 2. The molecule has 0 radical (unpaired) electrons. The van der Waals surface area contributed by atoms with E-state index < -0.39 is 28.1 Å². The Hall–Kier alpha value is -3.89. The van der Waals surface area contributed by atoms with Gasteiger partial charge in [0, 0.05) is 38.4 Å². The van der Waals surface area contributed by atoms with Crippen molar-refractivity contribution in [3.63, 3.8) is 0 Å². The molecule has 3 aromatic rings. The molecule has 39 heavy (non-hydrogen) atoms. The lowest BCUT2D eigenvalue weighted by molar-refractivity contribution is -0.116. The molecule has 0 aliphatic carbocycles. The SMILES string of the molecule is C[C@H](CO)N1C[C@H](C)[C@H](CN(C)S(=O)(=O)c2cn(C)cn2)Oc2ccc(NC(=O)Cn3cnnn3)cc2C1=O. The number of aliphatic hydroxyl groups is 1. The van der Waals surface area contributed by atoms with E-state index in [2.05, 4.69) is 25.8 Å². The molecule has 0 unspecified atom stereocenters. The van der Waals surface area contributed by atoms with Gasteiger partial charge in [-0.05, 0) is 35.5 Å². The van der Waals surface area contributed by atoms with Crippen LogP contribution in [0, 0.1) is 5.92 Å². The zero-order valence-corrected chi connectivity index (χ0v) is 22.8. The summed E-state index contributed by atoms with van der Waals surface area (Å²) in [7, 11) is -0.762. The fraction of sp³-hybridized carbons (Fsp3) is 0.478. The van der Waals surface area contributed by atoms with E-state index in [4.69, 9.17) is 4.74 Å². The van der Waals surface area contributed by atoms with Crippen molar-refractivity contribution in [1.29, 1.82) is 0 Å². The molecule has 2 aromatic heterocycles. The molecule has 2 amide bonds. The highest BCUT2D eigenvalue weighted by atomic mass is 32.2. The molecule has 1 aliphatic heterocycles. The minimum atomic E-state index is -3.89. The zero-order chi connectivity index (χ0) is 28.3. The number of nitrogens with one attached hydrogen (secondary N) is 1. The van der Waals surface area contributed by atoms with Crippen LogP contribution in [0.3, 0.4) is 0 Å². The number of carbonyl (C=O) groups is 2. The van der Waals surface area contributed by atoms with Crippen molar-refractivity contribution >= 4 is 27.5 Å². The molecular weight excluding hydrogens is 530 g/mol. The highest BCUT2D eigenvalue weighted by Gasteiger charge is 2.35. The van der Waals surface area contributed by atoms with Gasteiger partial charge in [0.15, 0.2) is 5.03 Å². The predicted molar refractivity (Wildman–Crippen MR) is 137 cm³/mol. The van der Waals surface area contributed by atoms with E-state index in [0.717, 1.165) is 0 Å². The fourth-order valence-electron chi connectivity index (χ4n) is 4.15. The number of hydrogen-bond acceptors (Lipinski definition) is 10. The van der Waals surface area contributed by atoms with E-state index in [1.165, 1.54) is 45.9 Å². The number of rotatable bonds is 9. The quantitative estimate of drug-likeness (QED) is 0.349. The van der Waals surface area contributed by atoms with E-state index >= 15 is 0 Å². The number of amides is 2. The van der Waals surface area contributed by atoms with E-state index in [1.807, 2.05) is 6.92 Å². The first-order valence-corrected chi connectivity index (χ1v) is 13.6. The molecule has 2 N–H and O–H groups in total. The number of ether oxygens (including phenoxy) is 1. The van der Waals surface area contributed by atoms with E-state index in [9.17, 15) is 23.1 Å². The molecule has 4 rings (SSSR count). The Bertz CT molecular complexity index is 1430. The monoisotopic (exact) mass is 561 g/mol. The Morgan fingerprint density at radius 1 is 1.33 bits per heavy atom. The molecule has 0 fully saturated rings. The van der Waals surface area contributed by atoms with Crippen LogP contribution in [0.15, 0.2) is 42.1 Å². The van der Waals surface area contributed by atoms with Gasteiger partial charge < -0.3 is 24.6 Å². The number of sulfonamides is 1. The average molecular weight is 562 g/mol. The second-order valence-electron chi connectivity index (χ2n) is 9.55. The summed E-state index contributed by atoms with van der Waals surface area (Å²) in [4.78, 5) is 31.5. The number of tetrazole rings is 1. The van der Waals surface area contributed by atoms with Crippen LogP contribution >= 0.6 is 0 Å². The van der Waals surface area contributed by atoms with Gasteiger partial charge >= 0.3 is 0 Å². The number of fused-ring (bicyclic) bond motifs is 1. The first kappa shape index (κ1) is 28.1. The normalized spacial score (nSPS) is 18.7. The van der Waals surface area contributed by atoms with Crippen LogP contribution in [-0.4, -0.2) is 103 Å². The molecule has 210 valence electrons. The van der Waals surface area contributed by atoms with Crippen molar-refractivity contribution < 1.29 is 27.9 Å². The van der Waals surface area contributed by atoms with Gasteiger partial charge in [-0.3, -0.25) is 9.59 Å². The van der Waals surface area contributed by atoms with E-state index in [0.29, 0.717) is 5.69 Å². The molecule has 0 bridgehead atoms. The van der Waals surface area contributed by atoms with Crippen molar-refractivity contribution in [3.05, 3.63) is 42.6 Å². The predicted octanol–water partition coefficient (Wildman–Crippen LogP) is -0.414. The molecular formula is C23H31N9O6S. The molecule has 1 aromatic carbocycles. The van der Waals surface area contributed by atoms with Gasteiger partial charge in [0.1, 0.15) is 24.7 Å². The standard InChI is InChI=1S/C23H31N9O6S/c1-15-8-32(16(2)12-33)23(35)18-7-17(26-21(34)10-31-14-25-27-28-31)5-6-19(18)38-20(15)9-30(4)39(36,37)22-11-29(3)13-24-22/h5-7,11,13-16,20,33H,8-10,12H2,1-4H3,(H,26,34)/t15-,16+,20-/m0/s1. The van der Waals surface area contributed by atoms with E-state index in [-0.39, 0.29) is 54.4 Å². The van der Waals surface area contributed by atoms with Crippen molar-refractivity contribution in [3.8, 4) is 5.75 Å². The summed E-state index contributed by atoms with van der Waals surface area (Å²) in [6.07, 6.45) is 3.49. The summed E-state index contributed by atoms with van der Waals surface area (Å²) in [6, 6.07) is 4.12. The maximum Gasteiger partial charge on any atom is 0.261 e. The van der Waals surface area contributed by atoms with Crippen LogP contribution in [0.2, 0.25) is 0 Å². The van der Waals surface area contributed by atoms with Crippen molar-refractivity contribution in [2.75, 3.05) is 32.1 Å². The minimum Gasteiger partial charge on any atom is -0.488 e. The number of nitrogens with zero attached hydrogens (tertiary/aromatic N) is 8. The van der Waals surface area contributed by atoms with Gasteiger partial charge in [0.25, 0.3) is 15.9 Å². The van der Waals surface area contributed by atoms with Gasteiger partial charge in [0.2, 0.25) is 5.91 Å². The van der Waals surface area contributed by atoms with Crippen LogP contribution in [0.5, 0.6) is 5.75 Å². The molecule has 1 aliphatic rings. The third-order valence-corrected chi connectivity index (χ3v) is 8.15. The number of imidazole rings is 1. The van der Waals surface area contributed by atoms with Gasteiger partial charge in [-0.1, -0.05) is 6.92 Å². The number of benzene rings is 1. The summed E-state index contributed by atoms with van der Waals surface area (Å²) in [5.74, 6) is -0.861. The number of likely N-dealkylation sites (N-methyl/N-ethyl adjacent to an activating group) is 1. The molecule has 15 nitrogen and oxygen atoms in total. The van der Waals surface area contributed by atoms with Gasteiger partial charge in [0.05, 0.1) is 31.1 Å². The highest BCUT2D eigenvalue weighted by Crippen LogP contribution is 2.31. The summed E-state index contributed by atoms with van der Waals surface area (Å²) >= 11 is 0. The third-order valence-electron chi connectivity index (χ3n) is 6.44. The maximum absolute atomic E-state index is 13.6. The van der Waals surface area contributed by atoms with Crippen LogP contribution in [-0.2, 0) is 28.4 Å². The van der Waals surface area contributed by atoms with Gasteiger partial charge in [-0.2, -0.15) is 4.31 Å². The van der Waals surface area contributed by atoms with Gasteiger partial charge in [-0.25, -0.2) is 18.1 Å². The Balaban J connectivity index is 1.62. The number of aromatic nitrogens is 6. The Morgan fingerprint density at radius 3 is 2.74 bits per heavy atom. The van der Waals surface area contributed by atoms with Crippen LogP contribution in [0.4, 0.5) is 5.69 Å². The summed E-state index contributed by atoms with van der Waals surface area (Å²) in [6.45, 7) is 3.37. The number of aliphatic hydroxyl groups excluding tert-OH is 1. The van der Waals surface area contributed by atoms with Crippen LogP contribution in [0.1, 0.15) is 24.2 Å². The largest absolute Gasteiger partial charge is 0.488 e. The van der Waals surface area contributed by atoms with Crippen molar-refractivity contribution in [2.24, 2.45) is 13.0 Å². The summed E-state index contributed by atoms with van der Waals surface area (Å²) < 4.78 is 36.4. The van der Waals surface area contributed by atoms with Crippen molar-refractivity contribution in [1.82, 2.24) is 39.0 Å². The average Bonchev–Trinajstić information content (AvgIpc) is 3.57. The Labute approximate surface area is 225 Å². The number of aryl methyl sites for hydroxylation is 1. The molecule has 16 heteroatoms. The number of anilines is 1. The lowest BCUT2D eigenvalue weighted by atomic mass is 9.99. The van der Waals surface area contributed by atoms with Crippen LogP contribution in [0.25, 0.3) is 0 Å². The Kier molecular flexibility index (Phi) is 8.27. The van der Waals surface area contributed by atoms with Crippen molar-refractivity contribution in [2.45, 2.75) is 37.6 Å². The Morgan fingerprint density at radius 2 is 2.10 bits per heavy atom. The summed E-state index contributed by atoms with van der Waals surface area (Å²) in [5, 5.41) is 23.1. The first-order valence-electron chi connectivity index (χ1n) is 12.2. The lowest BCUT2D eigenvalue weighted by Gasteiger charge is -2.38. The molecule has 0 saturated carbocycles. The fourth-order valence-corrected chi connectivity index (χ4v) is 5.29. The minimum absolute atomic E-state index is 0.0144. The second-order valence-corrected chi connectivity index (χ2v) is 11.5. The lowest BCUT2D eigenvalue weighted by Crippen LogP contribution is -2.50. The van der Waals surface area contributed by atoms with Gasteiger partial charge in [-0.15, -0.1) is 5.10 Å². The van der Waals surface area contributed by atoms with E-state index in [1.54, 1.807) is 30.7 Å². The van der Waals surface area contributed by atoms with Crippen LogP contribution < -0.4 is 10.1 Å². The molecule has 3 heterocycles. The first-order chi connectivity index (χ1) is 18.5. The maximum atomic E-state index is 13.6. The zero-order valence-electron chi connectivity index (χ0n) is 22.0.